The molecule has 0 aromatic heterocycles. The molecule has 0 bridgehead atoms. The second-order valence-corrected chi connectivity index (χ2v) is 6.25. The Morgan fingerprint density at radius 1 is 1.27 bits per heavy atom. The number of ether oxygens (including phenoxy) is 2. The Bertz CT molecular complexity index is 548. The Morgan fingerprint density at radius 3 is 2.59 bits per heavy atom. The van der Waals surface area contributed by atoms with E-state index < -0.39 is 5.79 Å². The van der Waals surface area contributed by atoms with Gasteiger partial charge in [-0.1, -0.05) is 17.7 Å². The summed E-state index contributed by atoms with van der Waals surface area (Å²) in [6.07, 6.45) is 2.38. The zero-order valence-corrected chi connectivity index (χ0v) is 13.5. The molecule has 2 aliphatic heterocycles. The number of aryl methyl sites for hydroxylation is 1. The van der Waals surface area contributed by atoms with E-state index in [1.54, 1.807) is 11.0 Å². The van der Waals surface area contributed by atoms with Crippen molar-refractivity contribution >= 4 is 23.3 Å². The van der Waals surface area contributed by atoms with Crippen molar-refractivity contribution in [3.05, 3.63) is 28.8 Å². The summed E-state index contributed by atoms with van der Waals surface area (Å²) in [5.41, 5.74) is 1.71. The van der Waals surface area contributed by atoms with E-state index in [-0.39, 0.29) is 6.03 Å². The average molecular weight is 325 g/mol. The third kappa shape index (κ3) is 3.37. The maximum Gasteiger partial charge on any atom is 0.321 e. The molecule has 2 fully saturated rings. The van der Waals surface area contributed by atoms with E-state index in [0.29, 0.717) is 23.8 Å². The molecule has 120 valence electrons. The van der Waals surface area contributed by atoms with E-state index in [1.807, 2.05) is 19.1 Å². The van der Waals surface area contributed by atoms with Gasteiger partial charge in [-0.25, -0.2) is 4.79 Å². The maximum atomic E-state index is 12.3. The molecule has 3 rings (SSSR count). The number of halogens is 1. The molecule has 0 saturated carbocycles. The molecule has 0 radical (unpaired) electrons. The van der Waals surface area contributed by atoms with Crippen molar-refractivity contribution < 1.29 is 14.3 Å². The molecule has 0 atom stereocenters. The molecule has 22 heavy (non-hydrogen) atoms. The van der Waals surface area contributed by atoms with Crippen LogP contribution in [0.1, 0.15) is 24.8 Å². The van der Waals surface area contributed by atoms with Crippen LogP contribution in [-0.4, -0.2) is 43.0 Å². The van der Waals surface area contributed by atoms with E-state index in [1.165, 1.54) is 0 Å². The summed E-state index contributed by atoms with van der Waals surface area (Å²) in [7, 11) is 0. The summed E-state index contributed by atoms with van der Waals surface area (Å²) in [5.74, 6) is -0.470. The number of urea groups is 1. The normalized spacial score (nSPS) is 20.9. The first-order chi connectivity index (χ1) is 10.6. The quantitative estimate of drug-likeness (QED) is 0.861. The van der Waals surface area contributed by atoms with Crippen LogP contribution in [0, 0.1) is 6.92 Å². The molecule has 2 amide bonds. The van der Waals surface area contributed by atoms with E-state index in [4.69, 9.17) is 21.1 Å². The van der Waals surface area contributed by atoms with Gasteiger partial charge in [-0.15, -0.1) is 0 Å². The fraction of sp³-hybridized carbons (Fsp3) is 0.562. The van der Waals surface area contributed by atoms with Crippen molar-refractivity contribution in [3.8, 4) is 0 Å². The Hall–Kier alpha value is -1.30. The van der Waals surface area contributed by atoms with Gasteiger partial charge in [0.2, 0.25) is 0 Å². The highest BCUT2D eigenvalue weighted by Crippen LogP contribution is 2.31. The van der Waals surface area contributed by atoms with Crippen molar-refractivity contribution in [2.75, 3.05) is 31.6 Å². The van der Waals surface area contributed by atoms with Crippen LogP contribution in [-0.2, 0) is 9.47 Å². The molecule has 0 unspecified atom stereocenters. The largest absolute Gasteiger partial charge is 0.350 e. The van der Waals surface area contributed by atoms with E-state index in [9.17, 15) is 4.79 Å². The van der Waals surface area contributed by atoms with Gasteiger partial charge >= 0.3 is 6.03 Å². The predicted octanol–water partition coefficient (Wildman–Crippen LogP) is 3.41. The highest BCUT2D eigenvalue weighted by molar-refractivity contribution is 6.31. The van der Waals surface area contributed by atoms with Crippen molar-refractivity contribution in [3.63, 3.8) is 0 Å². The summed E-state index contributed by atoms with van der Waals surface area (Å²) in [5, 5.41) is 3.54. The topological polar surface area (TPSA) is 50.8 Å². The maximum absolute atomic E-state index is 12.3. The van der Waals surface area contributed by atoms with Gasteiger partial charge in [0, 0.05) is 36.6 Å². The van der Waals surface area contributed by atoms with Crippen LogP contribution in [0.4, 0.5) is 10.5 Å². The molecule has 2 saturated heterocycles. The number of piperidine rings is 1. The molecule has 1 N–H and O–H groups in total. The lowest BCUT2D eigenvalue weighted by atomic mass is 10.0. The van der Waals surface area contributed by atoms with Gasteiger partial charge < -0.3 is 19.7 Å². The van der Waals surface area contributed by atoms with Crippen LogP contribution in [0.5, 0.6) is 0 Å². The summed E-state index contributed by atoms with van der Waals surface area (Å²) in [6, 6.07) is 5.42. The number of nitrogens with one attached hydrogen (secondary N) is 1. The minimum atomic E-state index is -0.470. The monoisotopic (exact) mass is 324 g/mol. The number of anilines is 1. The van der Waals surface area contributed by atoms with Gasteiger partial charge in [-0.3, -0.25) is 0 Å². The van der Waals surface area contributed by atoms with Crippen LogP contribution in [0.2, 0.25) is 5.02 Å². The minimum absolute atomic E-state index is 0.106. The van der Waals surface area contributed by atoms with Gasteiger partial charge in [0.05, 0.1) is 13.2 Å². The Kier molecular flexibility index (Phi) is 4.57. The number of hydrogen-bond donors (Lipinski definition) is 1. The van der Waals surface area contributed by atoms with Crippen LogP contribution in [0.15, 0.2) is 18.2 Å². The Balaban J connectivity index is 1.56. The first kappa shape index (κ1) is 15.6. The lowest BCUT2D eigenvalue weighted by Crippen LogP contribution is -2.52. The standard InChI is InChI=1S/C16H21ClN2O3/c1-12-3-4-13(11-14(12)17)18-15(20)19-7-5-16(6-8-19)21-9-2-10-22-16/h3-4,11H,2,5-10H2,1H3,(H,18,20). The van der Waals surface area contributed by atoms with Gasteiger partial charge in [0.15, 0.2) is 5.79 Å². The highest BCUT2D eigenvalue weighted by atomic mass is 35.5. The van der Waals surface area contributed by atoms with Crippen molar-refractivity contribution in [2.24, 2.45) is 0 Å². The van der Waals surface area contributed by atoms with Gasteiger partial charge in [-0.05, 0) is 31.0 Å². The lowest BCUT2D eigenvalue weighted by molar-refractivity contribution is -0.281. The first-order valence-electron chi connectivity index (χ1n) is 7.68. The molecular weight excluding hydrogens is 304 g/mol. The average Bonchev–Trinajstić information content (AvgIpc) is 2.52. The molecule has 0 aliphatic carbocycles. The van der Waals surface area contributed by atoms with Crippen LogP contribution >= 0.6 is 11.6 Å². The zero-order valence-electron chi connectivity index (χ0n) is 12.7. The van der Waals surface area contributed by atoms with Crippen molar-refractivity contribution in [2.45, 2.75) is 32.0 Å². The molecule has 1 spiro atoms. The molecule has 6 heteroatoms. The number of benzene rings is 1. The number of carbonyl (C=O) groups is 1. The van der Waals surface area contributed by atoms with E-state index in [2.05, 4.69) is 5.32 Å². The summed E-state index contributed by atoms with van der Waals surface area (Å²) in [6.45, 7) is 4.68. The molecule has 2 aliphatic rings. The zero-order chi connectivity index (χ0) is 15.6. The SMILES string of the molecule is Cc1ccc(NC(=O)N2CCC3(CC2)OCCCO3)cc1Cl. The lowest BCUT2D eigenvalue weighted by Gasteiger charge is -2.43. The second kappa shape index (κ2) is 6.44. The fourth-order valence-electron chi connectivity index (χ4n) is 2.83. The minimum Gasteiger partial charge on any atom is -0.350 e. The molecular formula is C16H21ClN2O3. The van der Waals surface area contributed by atoms with Gasteiger partial charge in [0.25, 0.3) is 0 Å². The predicted molar refractivity (Wildman–Crippen MR) is 85.3 cm³/mol. The third-order valence-corrected chi connectivity index (χ3v) is 4.66. The first-order valence-corrected chi connectivity index (χ1v) is 8.06. The number of hydrogen-bond acceptors (Lipinski definition) is 3. The Morgan fingerprint density at radius 2 is 1.95 bits per heavy atom. The van der Waals surface area contributed by atoms with Crippen LogP contribution < -0.4 is 5.32 Å². The number of rotatable bonds is 1. The second-order valence-electron chi connectivity index (χ2n) is 5.84. The number of nitrogens with zero attached hydrogens (tertiary/aromatic N) is 1. The molecule has 1 aromatic carbocycles. The number of likely N-dealkylation sites (tertiary alicyclic amines) is 1. The van der Waals surface area contributed by atoms with E-state index >= 15 is 0 Å². The van der Waals surface area contributed by atoms with E-state index in [0.717, 1.165) is 38.0 Å². The van der Waals surface area contributed by atoms with Gasteiger partial charge in [-0.2, -0.15) is 0 Å². The molecule has 1 aromatic rings. The number of amides is 2. The smallest absolute Gasteiger partial charge is 0.321 e. The summed E-state index contributed by atoms with van der Waals surface area (Å²) >= 11 is 6.08. The van der Waals surface area contributed by atoms with Crippen molar-refractivity contribution in [1.82, 2.24) is 4.90 Å². The highest BCUT2D eigenvalue weighted by Gasteiger charge is 2.39. The summed E-state index contributed by atoms with van der Waals surface area (Å²) in [4.78, 5) is 14.1. The molecule has 2 heterocycles. The fourth-order valence-corrected chi connectivity index (χ4v) is 3.01. The number of carbonyl (C=O) groups excluding carboxylic acids is 1. The van der Waals surface area contributed by atoms with Crippen LogP contribution in [0.25, 0.3) is 0 Å². The van der Waals surface area contributed by atoms with Crippen molar-refractivity contribution in [1.29, 1.82) is 0 Å². The van der Waals surface area contributed by atoms with Crippen LogP contribution in [0.3, 0.4) is 0 Å². The molecule has 5 nitrogen and oxygen atoms in total. The third-order valence-electron chi connectivity index (χ3n) is 4.25. The Labute approximate surface area is 135 Å². The summed E-state index contributed by atoms with van der Waals surface area (Å²) < 4.78 is 11.6. The van der Waals surface area contributed by atoms with Gasteiger partial charge in [0.1, 0.15) is 0 Å².